The lowest BCUT2D eigenvalue weighted by Gasteiger charge is -2.12. The zero-order chi connectivity index (χ0) is 19.4. The van der Waals surface area contributed by atoms with Crippen molar-refractivity contribution in [1.82, 2.24) is 9.97 Å². The molecule has 0 aliphatic heterocycles. The average molecular weight is 398 g/mol. The van der Waals surface area contributed by atoms with Gasteiger partial charge in [0.1, 0.15) is 6.61 Å². The highest BCUT2D eigenvalue weighted by Crippen LogP contribution is 2.30. The molecular formula is C15H12F6N2O2S. The molecule has 2 aromatic rings. The van der Waals surface area contributed by atoms with Crippen molar-refractivity contribution in [2.24, 2.45) is 0 Å². The second kappa shape index (κ2) is 8.12. The van der Waals surface area contributed by atoms with Crippen LogP contribution in [0.3, 0.4) is 0 Å². The summed E-state index contributed by atoms with van der Waals surface area (Å²) in [7, 11) is 0. The Morgan fingerprint density at radius 2 is 1.50 bits per heavy atom. The molecule has 142 valence electrons. The molecule has 0 aromatic carbocycles. The van der Waals surface area contributed by atoms with E-state index in [0.717, 1.165) is 30.0 Å². The van der Waals surface area contributed by atoms with Crippen LogP contribution in [-0.2, 0) is 12.4 Å². The molecule has 2 heterocycles. The fraction of sp³-hybridized carbons (Fsp3) is 0.333. The fourth-order valence-corrected chi connectivity index (χ4v) is 2.43. The highest BCUT2D eigenvalue weighted by Gasteiger charge is 2.31. The standard InChI is InChI=1S/C15H12F6N2O2S/c16-14(17,18)9-1-3-12(22-5-9)25-7-11(24)8-26-13-4-2-10(6-23-13)15(19,20)21/h1-6,11,24H,7-8H2. The molecule has 2 rings (SSSR count). The van der Waals surface area contributed by atoms with E-state index < -0.39 is 29.6 Å². The van der Waals surface area contributed by atoms with Crippen molar-refractivity contribution < 1.29 is 36.2 Å². The number of hydrogen-bond acceptors (Lipinski definition) is 5. The Morgan fingerprint density at radius 1 is 0.923 bits per heavy atom. The molecule has 0 radical (unpaired) electrons. The first-order valence-corrected chi connectivity index (χ1v) is 8.04. The minimum absolute atomic E-state index is 0.0685. The Balaban J connectivity index is 1.79. The molecule has 0 fully saturated rings. The number of halogens is 6. The van der Waals surface area contributed by atoms with Crippen LogP contribution in [0.1, 0.15) is 11.1 Å². The van der Waals surface area contributed by atoms with Crippen molar-refractivity contribution in [3.8, 4) is 5.88 Å². The zero-order valence-electron chi connectivity index (χ0n) is 12.9. The molecular weight excluding hydrogens is 386 g/mol. The van der Waals surface area contributed by atoms with Gasteiger partial charge in [0, 0.05) is 24.2 Å². The van der Waals surface area contributed by atoms with Crippen molar-refractivity contribution in [1.29, 1.82) is 0 Å². The smallest absolute Gasteiger partial charge is 0.417 e. The Kier molecular flexibility index (Phi) is 6.34. The van der Waals surface area contributed by atoms with E-state index in [1.54, 1.807) is 0 Å². The number of hydrogen-bond donors (Lipinski definition) is 1. The summed E-state index contributed by atoms with van der Waals surface area (Å²) in [4.78, 5) is 7.13. The van der Waals surface area contributed by atoms with Gasteiger partial charge in [0.25, 0.3) is 0 Å². The number of rotatable bonds is 6. The predicted molar refractivity (Wildman–Crippen MR) is 80.7 cm³/mol. The molecule has 11 heteroatoms. The Bertz CT molecular complexity index is 643. The number of pyridine rings is 2. The number of nitrogens with zero attached hydrogens (tertiary/aromatic N) is 2. The Labute approximate surface area is 148 Å². The van der Waals surface area contributed by atoms with E-state index in [4.69, 9.17) is 4.74 Å². The van der Waals surface area contributed by atoms with E-state index in [0.29, 0.717) is 12.4 Å². The van der Waals surface area contributed by atoms with E-state index in [9.17, 15) is 31.4 Å². The highest BCUT2D eigenvalue weighted by atomic mass is 32.2. The topological polar surface area (TPSA) is 55.2 Å². The van der Waals surface area contributed by atoms with Gasteiger partial charge in [-0.1, -0.05) is 0 Å². The van der Waals surface area contributed by atoms with Crippen LogP contribution in [0, 0.1) is 0 Å². The third kappa shape index (κ3) is 6.06. The summed E-state index contributed by atoms with van der Waals surface area (Å²) in [5, 5.41) is 10.1. The summed E-state index contributed by atoms with van der Waals surface area (Å²) in [6.07, 6.45) is -8.69. The zero-order valence-corrected chi connectivity index (χ0v) is 13.7. The van der Waals surface area contributed by atoms with Crippen molar-refractivity contribution in [3.05, 3.63) is 47.8 Å². The van der Waals surface area contributed by atoms with Crippen LogP contribution in [0.15, 0.2) is 41.7 Å². The highest BCUT2D eigenvalue weighted by molar-refractivity contribution is 7.99. The average Bonchev–Trinajstić information content (AvgIpc) is 2.57. The molecule has 1 unspecified atom stereocenters. The van der Waals surface area contributed by atoms with Crippen molar-refractivity contribution in [2.45, 2.75) is 23.5 Å². The van der Waals surface area contributed by atoms with Crippen LogP contribution < -0.4 is 4.74 Å². The summed E-state index contributed by atoms with van der Waals surface area (Å²) in [5.74, 6) is -0.0198. The van der Waals surface area contributed by atoms with Gasteiger partial charge in [-0.05, 0) is 18.2 Å². The van der Waals surface area contributed by atoms with E-state index in [2.05, 4.69) is 9.97 Å². The SMILES string of the molecule is OC(COc1ccc(C(F)(F)F)cn1)CSc1ccc(C(F)(F)F)cn1. The fourth-order valence-electron chi connectivity index (χ4n) is 1.68. The maximum Gasteiger partial charge on any atom is 0.417 e. The number of aromatic nitrogens is 2. The monoisotopic (exact) mass is 398 g/mol. The number of thioether (sulfide) groups is 1. The van der Waals surface area contributed by atoms with Gasteiger partial charge in [0.15, 0.2) is 0 Å². The number of aliphatic hydroxyl groups is 1. The summed E-state index contributed by atoms with van der Waals surface area (Å²) in [5.41, 5.74) is -1.80. The molecule has 0 bridgehead atoms. The first-order chi connectivity index (χ1) is 12.1. The van der Waals surface area contributed by atoms with Gasteiger partial charge in [0.05, 0.1) is 22.3 Å². The van der Waals surface area contributed by atoms with Crippen LogP contribution in [0.2, 0.25) is 0 Å². The lowest BCUT2D eigenvalue weighted by atomic mass is 10.3. The van der Waals surface area contributed by atoms with E-state index >= 15 is 0 Å². The molecule has 0 saturated heterocycles. The first kappa shape index (κ1) is 20.3. The van der Waals surface area contributed by atoms with E-state index in [-0.39, 0.29) is 23.3 Å². The number of alkyl halides is 6. The summed E-state index contributed by atoms with van der Waals surface area (Å²) >= 11 is 1.01. The van der Waals surface area contributed by atoms with Gasteiger partial charge < -0.3 is 9.84 Å². The minimum atomic E-state index is -4.50. The van der Waals surface area contributed by atoms with Crippen molar-refractivity contribution in [2.75, 3.05) is 12.4 Å². The molecule has 2 aromatic heterocycles. The summed E-state index contributed by atoms with van der Waals surface area (Å²) < 4.78 is 79.5. The summed E-state index contributed by atoms with van der Waals surface area (Å²) in [6, 6.07) is 3.89. The van der Waals surface area contributed by atoms with Crippen LogP contribution in [-0.4, -0.2) is 33.5 Å². The largest absolute Gasteiger partial charge is 0.475 e. The second-order valence-corrected chi connectivity index (χ2v) is 6.08. The van der Waals surface area contributed by atoms with Crippen LogP contribution in [0.5, 0.6) is 5.88 Å². The Morgan fingerprint density at radius 3 is 1.96 bits per heavy atom. The molecule has 4 nitrogen and oxygen atoms in total. The third-order valence-electron chi connectivity index (χ3n) is 2.97. The molecule has 1 N–H and O–H groups in total. The van der Waals surface area contributed by atoms with Gasteiger partial charge in [-0.3, -0.25) is 0 Å². The van der Waals surface area contributed by atoms with Gasteiger partial charge >= 0.3 is 12.4 Å². The molecule has 0 saturated carbocycles. The third-order valence-corrected chi connectivity index (χ3v) is 4.06. The lowest BCUT2D eigenvalue weighted by Crippen LogP contribution is -2.20. The molecule has 26 heavy (non-hydrogen) atoms. The molecule has 0 amide bonds. The number of ether oxygens (including phenoxy) is 1. The van der Waals surface area contributed by atoms with Crippen molar-refractivity contribution in [3.63, 3.8) is 0 Å². The van der Waals surface area contributed by atoms with Gasteiger partial charge in [-0.2, -0.15) is 26.3 Å². The molecule has 0 aliphatic rings. The predicted octanol–water partition coefficient (Wildman–Crippen LogP) is 4.05. The van der Waals surface area contributed by atoms with Gasteiger partial charge in [0.2, 0.25) is 5.88 Å². The Hall–Kier alpha value is -2.01. The first-order valence-electron chi connectivity index (χ1n) is 7.06. The van der Waals surface area contributed by atoms with E-state index in [1.165, 1.54) is 6.07 Å². The maximum atomic E-state index is 12.4. The van der Waals surface area contributed by atoms with Crippen molar-refractivity contribution >= 4 is 11.8 Å². The normalized spacial score (nSPS) is 13.5. The minimum Gasteiger partial charge on any atom is -0.475 e. The van der Waals surface area contributed by atoms with Crippen LogP contribution in [0.25, 0.3) is 0 Å². The number of aliphatic hydroxyl groups excluding tert-OH is 1. The van der Waals surface area contributed by atoms with Gasteiger partial charge in [-0.15, -0.1) is 11.8 Å². The van der Waals surface area contributed by atoms with Gasteiger partial charge in [-0.25, -0.2) is 9.97 Å². The van der Waals surface area contributed by atoms with Crippen LogP contribution in [0.4, 0.5) is 26.3 Å². The maximum absolute atomic E-state index is 12.4. The van der Waals surface area contributed by atoms with Crippen LogP contribution >= 0.6 is 11.8 Å². The summed E-state index contributed by atoms with van der Waals surface area (Å²) in [6.45, 7) is -0.244. The van der Waals surface area contributed by atoms with E-state index in [1.807, 2.05) is 0 Å². The molecule has 1 atom stereocenters. The second-order valence-electron chi connectivity index (χ2n) is 5.04. The molecule has 0 spiro atoms. The lowest BCUT2D eigenvalue weighted by molar-refractivity contribution is -0.138. The quantitative estimate of drug-likeness (QED) is 0.588. The molecule has 0 aliphatic carbocycles.